The van der Waals surface area contributed by atoms with Crippen LogP contribution in [0, 0.1) is 0 Å². The highest BCUT2D eigenvalue weighted by Crippen LogP contribution is 2.14. The van der Waals surface area contributed by atoms with E-state index in [-0.39, 0.29) is 12.2 Å². The zero-order valence-corrected chi connectivity index (χ0v) is 8.84. The Morgan fingerprint density at radius 3 is 2.75 bits per heavy atom. The van der Waals surface area contributed by atoms with Crippen molar-refractivity contribution in [3.8, 4) is 5.75 Å². The molecule has 0 aliphatic carbocycles. The van der Waals surface area contributed by atoms with Crippen molar-refractivity contribution in [2.45, 2.75) is 12.5 Å². The third-order valence-electron chi connectivity index (χ3n) is 2.11. The Kier molecular flexibility index (Phi) is 4.02. The second kappa shape index (κ2) is 5.27. The topological polar surface area (TPSA) is 89.6 Å². The van der Waals surface area contributed by atoms with Gasteiger partial charge in [-0.25, -0.2) is 0 Å². The summed E-state index contributed by atoms with van der Waals surface area (Å²) in [4.78, 5) is 22.1. The molecule has 0 aliphatic rings. The third kappa shape index (κ3) is 3.06. The van der Waals surface area contributed by atoms with Crippen molar-refractivity contribution >= 4 is 11.8 Å². The quantitative estimate of drug-likeness (QED) is 0.716. The van der Waals surface area contributed by atoms with Gasteiger partial charge in [-0.15, -0.1) is 0 Å². The van der Waals surface area contributed by atoms with Gasteiger partial charge >= 0.3 is 5.97 Å². The lowest BCUT2D eigenvalue weighted by Gasteiger charge is -2.06. The molecule has 0 fully saturated rings. The normalized spacial score (nSPS) is 11.9. The minimum absolute atomic E-state index is 0.220. The van der Waals surface area contributed by atoms with Crippen molar-refractivity contribution in [1.29, 1.82) is 0 Å². The zero-order chi connectivity index (χ0) is 12.1. The molecule has 0 saturated carbocycles. The second-order valence-corrected chi connectivity index (χ2v) is 3.30. The highest BCUT2D eigenvalue weighted by Gasteiger charge is 2.17. The molecule has 1 aromatic rings. The first-order valence-corrected chi connectivity index (χ1v) is 4.70. The number of hydrogen-bond acceptors (Lipinski definition) is 4. The molecule has 86 valence electrons. The van der Waals surface area contributed by atoms with Crippen molar-refractivity contribution in [3.05, 3.63) is 29.8 Å². The molecule has 1 atom stereocenters. The van der Waals surface area contributed by atoms with Gasteiger partial charge in [0.2, 0.25) is 0 Å². The van der Waals surface area contributed by atoms with Gasteiger partial charge in [0.15, 0.2) is 5.78 Å². The van der Waals surface area contributed by atoms with E-state index in [1.54, 1.807) is 24.3 Å². The summed E-state index contributed by atoms with van der Waals surface area (Å²) >= 11 is 0. The Morgan fingerprint density at radius 1 is 1.50 bits per heavy atom. The number of carbonyl (C=O) groups excluding carboxylic acids is 1. The lowest BCUT2D eigenvalue weighted by atomic mass is 10.0. The number of nitrogens with two attached hydrogens (primary N) is 1. The number of methoxy groups -OCH3 is 1. The van der Waals surface area contributed by atoms with E-state index in [2.05, 4.69) is 0 Å². The fraction of sp³-hybridized carbons (Fsp3) is 0.273. The summed E-state index contributed by atoms with van der Waals surface area (Å²) in [6.07, 6.45) is -0.220. The minimum atomic E-state index is -1.18. The van der Waals surface area contributed by atoms with Crippen LogP contribution in [0.3, 0.4) is 0 Å². The van der Waals surface area contributed by atoms with Crippen LogP contribution in [0.5, 0.6) is 5.75 Å². The summed E-state index contributed by atoms with van der Waals surface area (Å²) < 4.78 is 4.96. The first-order valence-electron chi connectivity index (χ1n) is 4.70. The van der Waals surface area contributed by atoms with Gasteiger partial charge in [0, 0.05) is 12.0 Å². The molecule has 0 aromatic heterocycles. The number of Topliss-reactive ketones (excluding diaryl/α,β-unsaturated/α-hetero) is 1. The van der Waals surface area contributed by atoms with Gasteiger partial charge < -0.3 is 15.6 Å². The Bertz CT molecular complexity index is 403. The Labute approximate surface area is 92.8 Å². The molecule has 0 amide bonds. The summed E-state index contributed by atoms with van der Waals surface area (Å²) in [5.41, 5.74) is 5.67. The molecule has 0 spiro atoms. The molecule has 0 radical (unpaired) electrons. The molecule has 0 unspecified atom stereocenters. The van der Waals surface area contributed by atoms with E-state index in [1.165, 1.54) is 7.11 Å². The van der Waals surface area contributed by atoms with Gasteiger partial charge in [-0.3, -0.25) is 9.59 Å². The highest BCUT2D eigenvalue weighted by atomic mass is 16.5. The van der Waals surface area contributed by atoms with E-state index in [1.807, 2.05) is 0 Å². The van der Waals surface area contributed by atoms with Crippen molar-refractivity contribution in [3.63, 3.8) is 0 Å². The predicted octanol–water partition coefficient (Wildman–Crippen LogP) is 0.680. The fourth-order valence-corrected chi connectivity index (χ4v) is 1.20. The van der Waals surface area contributed by atoms with Crippen LogP contribution in [-0.2, 0) is 4.79 Å². The van der Waals surface area contributed by atoms with Crippen molar-refractivity contribution in [1.82, 2.24) is 0 Å². The number of carbonyl (C=O) groups is 2. The van der Waals surface area contributed by atoms with Gasteiger partial charge in [-0.05, 0) is 12.1 Å². The average Bonchev–Trinajstić information content (AvgIpc) is 2.28. The second-order valence-electron chi connectivity index (χ2n) is 3.30. The molecule has 1 aromatic carbocycles. The molecule has 5 heteroatoms. The number of rotatable bonds is 5. The van der Waals surface area contributed by atoms with Gasteiger partial charge in [-0.1, -0.05) is 12.1 Å². The van der Waals surface area contributed by atoms with E-state index < -0.39 is 12.0 Å². The molecule has 1 rings (SSSR count). The third-order valence-corrected chi connectivity index (χ3v) is 2.11. The van der Waals surface area contributed by atoms with Gasteiger partial charge in [-0.2, -0.15) is 0 Å². The smallest absolute Gasteiger partial charge is 0.320 e. The maximum atomic E-state index is 11.6. The van der Waals surface area contributed by atoms with Crippen LogP contribution in [0.15, 0.2) is 24.3 Å². The highest BCUT2D eigenvalue weighted by molar-refractivity contribution is 5.98. The molecule has 3 N–H and O–H groups in total. The number of carboxylic acids is 1. The number of carboxylic acid groups (broad SMARTS) is 1. The van der Waals surface area contributed by atoms with Crippen LogP contribution in [0.4, 0.5) is 0 Å². The summed E-state index contributed by atoms with van der Waals surface area (Å²) in [6.45, 7) is 0. The number of ether oxygens (including phenoxy) is 1. The molecule has 5 nitrogen and oxygen atoms in total. The van der Waals surface area contributed by atoms with Crippen molar-refractivity contribution < 1.29 is 19.4 Å². The SMILES string of the molecule is COc1cccc(C(=O)C[C@H](N)C(=O)O)c1. The molecule has 0 bridgehead atoms. The molecular formula is C11H13NO4. The average molecular weight is 223 g/mol. The van der Waals surface area contributed by atoms with E-state index >= 15 is 0 Å². The van der Waals surface area contributed by atoms with Crippen LogP contribution in [0.1, 0.15) is 16.8 Å². The van der Waals surface area contributed by atoms with E-state index in [9.17, 15) is 9.59 Å². The van der Waals surface area contributed by atoms with E-state index in [0.29, 0.717) is 11.3 Å². The predicted molar refractivity (Wildman–Crippen MR) is 57.6 cm³/mol. The standard InChI is InChI=1S/C11H13NO4/c1-16-8-4-2-3-7(5-8)10(13)6-9(12)11(14)15/h2-5,9H,6,12H2,1H3,(H,14,15)/t9-/m0/s1. The van der Waals surface area contributed by atoms with Crippen LogP contribution in [0.25, 0.3) is 0 Å². The minimum Gasteiger partial charge on any atom is -0.497 e. The van der Waals surface area contributed by atoms with Crippen LogP contribution >= 0.6 is 0 Å². The summed E-state index contributed by atoms with van der Waals surface area (Å²) in [7, 11) is 1.49. The van der Waals surface area contributed by atoms with Gasteiger partial charge in [0.1, 0.15) is 11.8 Å². The number of benzene rings is 1. The maximum absolute atomic E-state index is 11.6. The van der Waals surface area contributed by atoms with E-state index in [0.717, 1.165) is 0 Å². The molecule has 0 aliphatic heterocycles. The van der Waals surface area contributed by atoms with Gasteiger partial charge in [0.05, 0.1) is 7.11 Å². The van der Waals surface area contributed by atoms with Crippen LogP contribution < -0.4 is 10.5 Å². The monoisotopic (exact) mass is 223 g/mol. The van der Waals surface area contributed by atoms with Crippen molar-refractivity contribution in [2.75, 3.05) is 7.11 Å². The zero-order valence-electron chi connectivity index (χ0n) is 8.84. The molecule has 0 heterocycles. The van der Waals surface area contributed by atoms with Crippen LogP contribution in [0.2, 0.25) is 0 Å². The number of aliphatic carboxylic acids is 1. The summed E-state index contributed by atoms with van der Waals surface area (Å²) in [6, 6.07) is 5.35. The molecule has 0 saturated heterocycles. The van der Waals surface area contributed by atoms with E-state index in [4.69, 9.17) is 15.6 Å². The Morgan fingerprint density at radius 2 is 2.19 bits per heavy atom. The fourth-order valence-electron chi connectivity index (χ4n) is 1.20. The molecule has 16 heavy (non-hydrogen) atoms. The largest absolute Gasteiger partial charge is 0.497 e. The lowest BCUT2D eigenvalue weighted by molar-refractivity contribution is -0.138. The van der Waals surface area contributed by atoms with Crippen molar-refractivity contribution in [2.24, 2.45) is 5.73 Å². The summed E-state index contributed by atoms with van der Waals surface area (Å²) in [5, 5.41) is 8.58. The number of hydrogen-bond donors (Lipinski definition) is 2. The number of ketones is 1. The first-order chi connectivity index (χ1) is 7.54. The maximum Gasteiger partial charge on any atom is 0.320 e. The molecular weight excluding hydrogens is 210 g/mol. The first kappa shape index (κ1) is 12.2. The Balaban J connectivity index is 2.76. The van der Waals surface area contributed by atoms with Gasteiger partial charge in [0.25, 0.3) is 0 Å². The van der Waals surface area contributed by atoms with Crippen LogP contribution in [-0.4, -0.2) is 30.0 Å². The summed E-state index contributed by atoms with van der Waals surface area (Å²) in [5.74, 6) is -0.945. The lowest BCUT2D eigenvalue weighted by Crippen LogP contribution is -2.32. The Hall–Kier alpha value is -1.88.